The zero-order chi connectivity index (χ0) is 11.7. The zero-order valence-electron chi connectivity index (χ0n) is 9.61. The van der Waals surface area contributed by atoms with E-state index in [2.05, 4.69) is 39.9 Å². The summed E-state index contributed by atoms with van der Waals surface area (Å²) in [5, 5.41) is 4.49. The summed E-state index contributed by atoms with van der Waals surface area (Å²) in [6.07, 6.45) is 1.95. The molecule has 84 valence electrons. The van der Waals surface area contributed by atoms with Crippen LogP contribution < -0.4 is 0 Å². The van der Waals surface area contributed by atoms with Gasteiger partial charge in [-0.3, -0.25) is 0 Å². The highest BCUT2D eigenvalue weighted by atomic mass is 79.9. The van der Waals surface area contributed by atoms with Crippen molar-refractivity contribution in [3.8, 4) is 5.82 Å². The normalized spacial score (nSPS) is 11.1. The predicted octanol–water partition coefficient (Wildman–Crippen LogP) is 3.46. The Labute approximate surface area is 104 Å². The van der Waals surface area contributed by atoms with E-state index < -0.39 is 0 Å². The maximum Gasteiger partial charge on any atom is 0.153 e. The van der Waals surface area contributed by atoms with E-state index in [0.717, 1.165) is 21.7 Å². The number of nitrogens with zero attached hydrogens (tertiary/aromatic N) is 3. The topological polar surface area (TPSA) is 30.7 Å². The third kappa shape index (κ3) is 2.16. The summed E-state index contributed by atoms with van der Waals surface area (Å²) in [4.78, 5) is 4.47. The fraction of sp³-hybridized carbons (Fsp3) is 0.333. The molecule has 0 radical (unpaired) electrons. The lowest BCUT2D eigenvalue weighted by Crippen LogP contribution is -2.01. The number of hydrogen-bond donors (Lipinski definition) is 0. The van der Waals surface area contributed by atoms with Crippen LogP contribution in [0.15, 0.2) is 28.9 Å². The molecule has 0 saturated heterocycles. The van der Waals surface area contributed by atoms with E-state index in [1.54, 1.807) is 0 Å². The number of halogens is 1. The minimum atomic E-state index is 0.442. The van der Waals surface area contributed by atoms with E-state index in [9.17, 15) is 0 Å². The molecule has 0 aliphatic carbocycles. The van der Waals surface area contributed by atoms with Crippen LogP contribution in [0.1, 0.15) is 31.2 Å². The third-order valence-electron chi connectivity index (χ3n) is 2.44. The van der Waals surface area contributed by atoms with Crippen molar-refractivity contribution >= 4 is 15.9 Å². The molecule has 0 fully saturated rings. The largest absolute Gasteiger partial charge is 0.233 e. The van der Waals surface area contributed by atoms with Crippen LogP contribution in [-0.2, 0) is 0 Å². The van der Waals surface area contributed by atoms with E-state index in [-0.39, 0.29) is 0 Å². The Morgan fingerprint density at radius 1 is 1.25 bits per heavy atom. The lowest BCUT2D eigenvalue weighted by atomic mass is 10.1. The summed E-state index contributed by atoms with van der Waals surface area (Å²) >= 11 is 3.44. The van der Waals surface area contributed by atoms with Gasteiger partial charge in [0.2, 0.25) is 0 Å². The first-order valence-electron chi connectivity index (χ1n) is 5.27. The Hall–Kier alpha value is -1.16. The van der Waals surface area contributed by atoms with Crippen LogP contribution in [0.5, 0.6) is 0 Å². The van der Waals surface area contributed by atoms with E-state index in [4.69, 9.17) is 0 Å². The Kier molecular flexibility index (Phi) is 3.10. The lowest BCUT2D eigenvalue weighted by Gasteiger charge is -2.03. The number of rotatable bonds is 2. The molecule has 16 heavy (non-hydrogen) atoms. The van der Waals surface area contributed by atoms with Gasteiger partial charge in [0.25, 0.3) is 0 Å². The molecule has 0 bridgehead atoms. The minimum absolute atomic E-state index is 0.442. The van der Waals surface area contributed by atoms with Crippen molar-refractivity contribution in [2.75, 3.05) is 0 Å². The van der Waals surface area contributed by atoms with Crippen molar-refractivity contribution in [2.45, 2.75) is 26.7 Å². The van der Waals surface area contributed by atoms with Crippen molar-refractivity contribution in [1.82, 2.24) is 14.8 Å². The summed E-state index contributed by atoms with van der Waals surface area (Å²) in [6, 6.07) is 5.98. The average Bonchev–Trinajstić information content (AvgIpc) is 2.71. The van der Waals surface area contributed by atoms with Gasteiger partial charge in [0.05, 0.1) is 11.4 Å². The smallest absolute Gasteiger partial charge is 0.153 e. The number of pyridine rings is 1. The van der Waals surface area contributed by atoms with Gasteiger partial charge >= 0.3 is 0 Å². The maximum atomic E-state index is 4.49. The second-order valence-corrected chi connectivity index (χ2v) is 4.93. The van der Waals surface area contributed by atoms with Crippen LogP contribution in [0.25, 0.3) is 5.82 Å². The van der Waals surface area contributed by atoms with E-state index in [1.807, 2.05) is 36.0 Å². The molecule has 0 aliphatic heterocycles. The fourth-order valence-corrected chi connectivity index (χ4v) is 1.65. The monoisotopic (exact) mass is 279 g/mol. The van der Waals surface area contributed by atoms with Gasteiger partial charge in [-0.1, -0.05) is 13.8 Å². The summed E-state index contributed by atoms with van der Waals surface area (Å²) in [5.41, 5.74) is 2.06. The Balaban J connectivity index is 2.39. The molecule has 2 aromatic rings. The van der Waals surface area contributed by atoms with Crippen molar-refractivity contribution in [2.24, 2.45) is 0 Å². The molecular formula is C12H14BrN3. The standard InChI is InChI=1S/C12H14BrN3/c1-8(2)11-6-7-16(15-11)12-5-4-10(13)9(3)14-12/h4-8H,1-3H3. The fourth-order valence-electron chi connectivity index (χ4n) is 1.43. The first-order valence-corrected chi connectivity index (χ1v) is 6.06. The minimum Gasteiger partial charge on any atom is -0.233 e. The third-order valence-corrected chi connectivity index (χ3v) is 3.28. The molecule has 2 aromatic heterocycles. The van der Waals surface area contributed by atoms with Crippen LogP contribution >= 0.6 is 15.9 Å². The van der Waals surface area contributed by atoms with E-state index >= 15 is 0 Å². The van der Waals surface area contributed by atoms with Crippen LogP contribution in [0.4, 0.5) is 0 Å². The highest BCUT2D eigenvalue weighted by Gasteiger charge is 2.06. The van der Waals surface area contributed by atoms with Gasteiger partial charge in [-0.25, -0.2) is 9.67 Å². The van der Waals surface area contributed by atoms with Gasteiger partial charge in [-0.2, -0.15) is 5.10 Å². The van der Waals surface area contributed by atoms with Crippen molar-refractivity contribution in [1.29, 1.82) is 0 Å². The first kappa shape index (κ1) is 11.3. The van der Waals surface area contributed by atoms with Crippen LogP contribution in [0, 0.1) is 6.92 Å². The molecule has 2 heterocycles. The molecule has 0 unspecified atom stereocenters. The second kappa shape index (κ2) is 4.37. The van der Waals surface area contributed by atoms with Gasteiger partial charge < -0.3 is 0 Å². The average molecular weight is 280 g/mol. The van der Waals surface area contributed by atoms with Crippen molar-refractivity contribution < 1.29 is 0 Å². The van der Waals surface area contributed by atoms with Crippen molar-refractivity contribution in [3.63, 3.8) is 0 Å². The molecule has 0 aliphatic rings. The summed E-state index contributed by atoms with van der Waals surface area (Å²) < 4.78 is 2.84. The van der Waals surface area contributed by atoms with E-state index in [0.29, 0.717) is 5.92 Å². The molecule has 3 nitrogen and oxygen atoms in total. The summed E-state index contributed by atoms with van der Waals surface area (Å²) in [6.45, 7) is 6.24. The molecule has 0 saturated carbocycles. The molecule has 0 spiro atoms. The Bertz CT molecular complexity index is 503. The number of aromatic nitrogens is 3. The van der Waals surface area contributed by atoms with Crippen LogP contribution in [-0.4, -0.2) is 14.8 Å². The zero-order valence-corrected chi connectivity index (χ0v) is 11.2. The van der Waals surface area contributed by atoms with Gasteiger partial charge in [-0.05, 0) is 47.0 Å². The summed E-state index contributed by atoms with van der Waals surface area (Å²) in [7, 11) is 0. The Morgan fingerprint density at radius 2 is 2.00 bits per heavy atom. The maximum absolute atomic E-state index is 4.49. The highest BCUT2D eigenvalue weighted by Crippen LogP contribution is 2.17. The molecule has 0 atom stereocenters. The molecule has 0 amide bonds. The summed E-state index contributed by atoms with van der Waals surface area (Å²) in [5.74, 6) is 1.30. The van der Waals surface area contributed by atoms with Crippen LogP contribution in [0.3, 0.4) is 0 Å². The molecule has 4 heteroatoms. The molecule has 2 rings (SSSR count). The van der Waals surface area contributed by atoms with Crippen molar-refractivity contribution in [3.05, 3.63) is 40.3 Å². The lowest BCUT2D eigenvalue weighted by molar-refractivity contribution is 0.755. The van der Waals surface area contributed by atoms with Gasteiger partial charge in [-0.15, -0.1) is 0 Å². The predicted molar refractivity (Wildman–Crippen MR) is 67.9 cm³/mol. The molecule has 0 N–H and O–H groups in total. The molecule has 0 aromatic carbocycles. The van der Waals surface area contributed by atoms with E-state index in [1.165, 1.54) is 0 Å². The van der Waals surface area contributed by atoms with Gasteiger partial charge in [0.1, 0.15) is 0 Å². The van der Waals surface area contributed by atoms with Gasteiger partial charge in [0.15, 0.2) is 5.82 Å². The van der Waals surface area contributed by atoms with Crippen LogP contribution in [0.2, 0.25) is 0 Å². The number of hydrogen-bond acceptors (Lipinski definition) is 2. The molecular weight excluding hydrogens is 266 g/mol. The SMILES string of the molecule is Cc1nc(-n2ccc(C(C)C)n2)ccc1Br. The quantitative estimate of drug-likeness (QED) is 0.843. The number of aryl methyl sites for hydroxylation is 1. The first-order chi connectivity index (χ1) is 7.58. The highest BCUT2D eigenvalue weighted by molar-refractivity contribution is 9.10. The Morgan fingerprint density at radius 3 is 2.56 bits per heavy atom. The van der Waals surface area contributed by atoms with Gasteiger partial charge in [0, 0.05) is 10.7 Å². The second-order valence-electron chi connectivity index (χ2n) is 4.08.